The van der Waals surface area contributed by atoms with Gasteiger partial charge in [0.15, 0.2) is 0 Å². The quantitative estimate of drug-likeness (QED) is 0.232. The molecule has 0 bridgehead atoms. The summed E-state index contributed by atoms with van der Waals surface area (Å²) in [5.74, 6) is 3.31. The van der Waals surface area contributed by atoms with E-state index in [9.17, 15) is 24.0 Å². The van der Waals surface area contributed by atoms with Crippen LogP contribution in [-0.2, 0) is 38.3 Å². The number of esters is 1. The maximum absolute atomic E-state index is 11.9. The zero-order valence-corrected chi connectivity index (χ0v) is 16.8. The molecule has 30 heavy (non-hydrogen) atoms. The molecule has 0 saturated carbocycles. The molecule has 1 N–H and O–H groups in total. The van der Waals surface area contributed by atoms with Crippen LogP contribution in [0.25, 0.3) is 0 Å². The maximum Gasteiger partial charge on any atom is 0.358 e. The number of amides is 3. The third-order valence-electron chi connectivity index (χ3n) is 4.39. The average Bonchev–Trinajstić information content (AvgIpc) is 3.00. The molecular weight excluding hydrogens is 396 g/mol. The molecule has 0 aromatic heterocycles. The standard InChI is InChI=1S/C20H26N2O8/c23-16(8-11-19(26)29-15-6-4-2-1-3-5-7-15)21-12-13-28-14-20(27)30-22-17(24)9-10-18(22)25/h15H,2,4-14H2,(H,21,23). The molecule has 10 nitrogen and oxygen atoms in total. The van der Waals surface area contributed by atoms with Crippen LogP contribution in [0.2, 0.25) is 0 Å². The van der Waals surface area contributed by atoms with Gasteiger partial charge in [-0.1, -0.05) is 0 Å². The van der Waals surface area contributed by atoms with Crippen LogP contribution in [0.4, 0.5) is 0 Å². The lowest BCUT2D eigenvalue weighted by molar-refractivity contribution is -0.200. The van der Waals surface area contributed by atoms with Crippen LogP contribution in [0, 0.1) is 11.8 Å². The molecule has 2 rings (SSSR count). The Morgan fingerprint density at radius 1 is 1.00 bits per heavy atom. The molecular formula is C20H26N2O8. The van der Waals surface area contributed by atoms with Crippen molar-refractivity contribution in [3.05, 3.63) is 0 Å². The summed E-state index contributed by atoms with van der Waals surface area (Å²) in [6, 6.07) is 0. The lowest BCUT2D eigenvalue weighted by Crippen LogP contribution is -2.34. The summed E-state index contributed by atoms with van der Waals surface area (Å²) in [4.78, 5) is 62.5. The van der Waals surface area contributed by atoms with Crippen molar-refractivity contribution in [2.24, 2.45) is 0 Å². The van der Waals surface area contributed by atoms with Gasteiger partial charge in [-0.25, -0.2) is 4.79 Å². The molecule has 0 aromatic carbocycles. The van der Waals surface area contributed by atoms with E-state index < -0.39 is 30.4 Å². The van der Waals surface area contributed by atoms with Crippen LogP contribution in [0.15, 0.2) is 0 Å². The lowest BCUT2D eigenvalue weighted by atomic mass is 10.0. The minimum Gasteiger partial charge on any atom is -0.462 e. The van der Waals surface area contributed by atoms with Crippen molar-refractivity contribution in [3.63, 3.8) is 0 Å². The minimum atomic E-state index is -0.882. The molecule has 1 atom stereocenters. The van der Waals surface area contributed by atoms with Crippen LogP contribution in [0.5, 0.6) is 0 Å². The van der Waals surface area contributed by atoms with Gasteiger partial charge in [-0.2, -0.15) is 0 Å². The fourth-order valence-corrected chi connectivity index (χ4v) is 2.84. The first-order valence-corrected chi connectivity index (χ1v) is 10.0. The Morgan fingerprint density at radius 2 is 1.73 bits per heavy atom. The van der Waals surface area contributed by atoms with Crippen LogP contribution in [-0.4, -0.2) is 60.6 Å². The zero-order chi connectivity index (χ0) is 21.8. The molecule has 1 aliphatic carbocycles. The molecule has 0 spiro atoms. The van der Waals surface area contributed by atoms with E-state index in [1.807, 2.05) is 0 Å². The summed E-state index contributed by atoms with van der Waals surface area (Å²) in [5.41, 5.74) is 0. The number of hydroxylamine groups is 2. The Kier molecular flexibility index (Phi) is 9.80. The van der Waals surface area contributed by atoms with E-state index >= 15 is 0 Å². The number of carbonyl (C=O) groups excluding carboxylic acids is 5. The molecule has 1 fully saturated rings. The van der Waals surface area contributed by atoms with E-state index in [1.165, 1.54) is 0 Å². The van der Waals surface area contributed by atoms with Crippen LogP contribution >= 0.6 is 0 Å². The predicted octanol–water partition coefficient (Wildman–Crippen LogP) is 0.386. The van der Waals surface area contributed by atoms with E-state index in [2.05, 4.69) is 22.0 Å². The van der Waals surface area contributed by atoms with Crippen molar-refractivity contribution >= 4 is 29.7 Å². The van der Waals surface area contributed by atoms with E-state index in [-0.39, 0.29) is 50.8 Å². The van der Waals surface area contributed by atoms with E-state index in [4.69, 9.17) is 9.47 Å². The van der Waals surface area contributed by atoms with Gasteiger partial charge in [0.1, 0.15) is 12.7 Å². The number of nitrogens with one attached hydrogen (secondary N) is 1. The largest absolute Gasteiger partial charge is 0.462 e. The molecule has 3 amide bonds. The van der Waals surface area contributed by atoms with Gasteiger partial charge in [-0.3, -0.25) is 19.2 Å². The average molecular weight is 422 g/mol. The second-order valence-electron chi connectivity index (χ2n) is 6.84. The van der Waals surface area contributed by atoms with Crippen molar-refractivity contribution in [1.82, 2.24) is 10.4 Å². The predicted molar refractivity (Wildman–Crippen MR) is 101 cm³/mol. The second-order valence-corrected chi connectivity index (χ2v) is 6.84. The SMILES string of the molecule is O=C(CCC(=O)OC1CCC#CCCC1)NCCOCC(=O)ON1C(=O)CCC1=O. The Bertz CT molecular complexity index is 708. The molecule has 1 unspecified atom stereocenters. The molecule has 1 heterocycles. The molecule has 164 valence electrons. The summed E-state index contributed by atoms with van der Waals surface area (Å²) >= 11 is 0. The fraction of sp³-hybridized carbons (Fsp3) is 0.650. The normalized spacial score (nSPS) is 18.7. The van der Waals surface area contributed by atoms with Crippen molar-refractivity contribution in [3.8, 4) is 11.8 Å². The highest BCUT2D eigenvalue weighted by Crippen LogP contribution is 2.14. The number of nitrogens with zero attached hydrogens (tertiary/aromatic N) is 1. The number of hydrogen-bond acceptors (Lipinski definition) is 8. The first-order valence-electron chi connectivity index (χ1n) is 10.0. The summed E-state index contributed by atoms with van der Waals surface area (Å²) in [5, 5.41) is 3.00. The first-order chi connectivity index (χ1) is 14.5. The van der Waals surface area contributed by atoms with Crippen LogP contribution < -0.4 is 5.32 Å². The monoisotopic (exact) mass is 422 g/mol. The van der Waals surface area contributed by atoms with Crippen molar-refractivity contribution < 1.29 is 38.3 Å². The van der Waals surface area contributed by atoms with Gasteiger partial charge >= 0.3 is 11.9 Å². The molecule has 10 heteroatoms. The molecule has 1 aliphatic heterocycles. The Labute approximate surface area is 174 Å². The lowest BCUT2D eigenvalue weighted by Gasteiger charge is -2.17. The highest BCUT2D eigenvalue weighted by molar-refractivity contribution is 6.01. The zero-order valence-electron chi connectivity index (χ0n) is 16.8. The first kappa shape index (κ1) is 23.3. The van der Waals surface area contributed by atoms with Gasteiger partial charge in [0.05, 0.1) is 13.0 Å². The van der Waals surface area contributed by atoms with Gasteiger partial charge in [-0.15, -0.1) is 16.9 Å². The molecule has 2 aliphatic rings. The minimum absolute atomic E-state index is 0.00736. The smallest absolute Gasteiger partial charge is 0.358 e. The summed E-state index contributed by atoms with van der Waals surface area (Å²) in [6.45, 7) is -0.314. The van der Waals surface area contributed by atoms with E-state index in [0.29, 0.717) is 17.9 Å². The maximum atomic E-state index is 11.9. The van der Waals surface area contributed by atoms with E-state index in [0.717, 1.165) is 19.3 Å². The van der Waals surface area contributed by atoms with Crippen molar-refractivity contribution in [1.29, 1.82) is 0 Å². The number of hydrogen-bond donors (Lipinski definition) is 1. The van der Waals surface area contributed by atoms with Gasteiger partial charge < -0.3 is 19.6 Å². The van der Waals surface area contributed by atoms with Crippen molar-refractivity contribution in [2.45, 2.75) is 63.9 Å². The Balaban J connectivity index is 1.50. The molecule has 0 radical (unpaired) electrons. The number of rotatable bonds is 10. The van der Waals surface area contributed by atoms with Gasteiger partial charge in [0.25, 0.3) is 11.8 Å². The second kappa shape index (κ2) is 12.6. The fourth-order valence-electron chi connectivity index (χ4n) is 2.84. The van der Waals surface area contributed by atoms with Crippen LogP contribution in [0.3, 0.4) is 0 Å². The summed E-state index contributed by atoms with van der Waals surface area (Å²) in [7, 11) is 0. The Morgan fingerprint density at radius 3 is 2.50 bits per heavy atom. The highest BCUT2D eigenvalue weighted by Gasteiger charge is 2.32. The molecule has 0 aromatic rings. The Hall–Kier alpha value is -2.93. The van der Waals surface area contributed by atoms with Gasteiger partial charge in [-0.05, 0) is 19.3 Å². The topological polar surface area (TPSA) is 128 Å². The highest BCUT2D eigenvalue weighted by atomic mass is 16.7. The van der Waals surface area contributed by atoms with E-state index in [1.54, 1.807) is 0 Å². The van der Waals surface area contributed by atoms with Gasteiger partial charge in [0.2, 0.25) is 5.91 Å². The number of carbonyl (C=O) groups is 5. The van der Waals surface area contributed by atoms with Gasteiger partial charge in [0, 0.05) is 38.6 Å². The number of imide groups is 1. The number of ether oxygens (including phenoxy) is 2. The third-order valence-corrected chi connectivity index (χ3v) is 4.39. The summed E-state index contributed by atoms with van der Waals surface area (Å²) in [6.07, 6.45) is 3.77. The third kappa shape index (κ3) is 8.61. The summed E-state index contributed by atoms with van der Waals surface area (Å²) < 4.78 is 10.4. The van der Waals surface area contributed by atoms with Crippen molar-refractivity contribution in [2.75, 3.05) is 19.8 Å². The molecule has 1 saturated heterocycles. The van der Waals surface area contributed by atoms with Crippen LogP contribution in [0.1, 0.15) is 57.8 Å².